The lowest BCUT2D eigenvalue weighted by atomic mass is 10.1. The van der Waals surface area contributed by atoms with Gasteiger partial charge in [-0.3, -0.25) is 14.4 Å². The molecule has 0 unspecified atom stereocenters. The van der Waals surface area contributed by atoms with Gasteiger partial charge >= 0.3 is 0 Å². The van der Waals surface area contributed by atoms with Gasteiger partial charge in [-0.05, 0) is 41.8 Å². The van der Waals surface area contributed by atoms with Gasteiger partial charge in [-0.25, -0.2) is 4.39 Å². The number of amides is 2. The first kappa shape index (κ1) is 20.3. The average Bonchev–Trinajstić information content (AvgIpc) is 3.28. The van der Waals surface area contributed by atoms with E-state index in [4.69, 9.17) is 11.6 Å². The van der Waals surface area contributed by atoms with Crippen LogP contribution in [0.1, 0.15) is 20.7 Å². The van der Waals surface area contributed by atoms with E-state index in [1.54, 1.807) is 15.9 Å². The maximum atomic E-state index is 13.2. The Bertz CT molecular complexity index is 1150. The van der Waals surface area contributed by atoms with Gasteiger partial charge in [0.1, 0.15) is 11.4 Å². The fourth-order valence-electron chi connectivity index (χ4n) is 3.33. The smallest absolute Gasteiger partial charge is 0.261 e. The first-order chi connectivity index (χ1) is 14.4. The lowest BCUT2D eigenvalue weighted by molar-refractivity contribution is 0.0534. The molecule has 1 fully saturated rings. The normalized spacial score (nSPS) is 14.1. The molecule has 1 saturated heterocycles. The van der Waals surface area contributed by atoms with Crippen molar-refractivity contribution in [3.05, 3.63) is 80.2 Å². The standard InChI is InChI=1S/C21H17ClFN3O3S/c22-16-12-13(23)3-4-14(16)20(28)25-7-9-26(10-8-25)21(29)15-5-6-17(24-19(15)27)18-2-1-11-30-18/h1-6,11-12H,7-10H2,(H,24,27). The van der Waals surface area contributed by atoms with Crippen molar-refractivity contribution in [2.24, 2.45) is 0 Å². The molecule has 1 N–H and O–H groups in total. The zero-order valence-electron chi connectivity index (χ0n) is 15.7. The lowest BCUT2D eigenvalue weighted by Crippen LogP contribution is -2.51. The van der Waals surface area contributed by atoms with E-state index < -0.39 is 11.4 Å². The summed E-state index contributed by atoms with van der Waals surface area (Å²) < 4.78 is 13.2. The van der Waals surface area contributed by atoms with Crippen molar-refractivity contribution in [1.82, 2.24) is 14.8 Å². The Labute approximate surface area is 180 Å². The molecule has 3 aromatic rings. The van der Waals surface area contributed by atoms with Crippen molar-refractivity contribution < 1.29 is 14.0 Å². The van der Waals surface area contributed by atoms with Gasteiger partial charge in [0, 0.05) is 26.2 Å². The molecule has 1 aliphatic rings. The van der Waals surface area contributed by atoms with E-state index in [0.29, 0.717) is 18.8 Å². The summed E-state index contributed by atoms with van der Waals surface area (Å²) in [7, 11) is 0. The maximum absolute atomic E-state index is 13.2. The van der Waals surface area contributed by atoms with Crippen LogP contribution in [0.25, 0.3) is 10.6 Å². The Morgan fingerprint density at radius 2 is 1.60 bits per heavy atom. The number of aromatic amines is 1. The highest BCUT2D eigenvalue weighted by molar-refractivity contribution is 7.13. The Balaban J connectivity index is 1.43. The van der Waals surface area contributed by atoms with Gasteiger partial charge in [0.05, 0.1) is 21.2 Å². The molecule has 30 heavy (non-hydrogen) atoms. The van der Waals surface area contributed by atoms with Crippen molar-refractivity contribution in [1.29, 1.82) is 0 Å². The number of nitrogens with one attached hydrogen (secondary N) is 1. The van der Waals surface area contributed by atoms with Crippen LogP contribution in [0.2, 0.25) is 5.02 Å². The largest absolute Gasteiger partial charge is 0.335 e. The van der Waals surface area contributed by atoms with E-state index in [2.05, 4.69) is 4.98 Å². The second-order valence-electron chi connectivity index (χ2n) is 6.80. The van der Waals surface area contributed by atoms with E-state index in [1.807, 2.05) is 17.5 Å². The van der Waals surface area contributed by atoms with Crippen LogP contribution in [0.4, 0.5) is 4.39 Å². The quantitative estimate of drug-likeness (QED) is 0.670. The Kier molecular flexibility index (Phi) is 5.69. The number of halogens is 2. The number of piperazine rings is 1. The number of hydrogen-bond donors (Lipinski definition) is 1. The fraction of sp³-hybridized carbons (Fsp3) is 0.190. The Morgan fingerprint density at radius 3 is 2.17 bits per heavy atom. The van der Waals surface area contributed by atoms with Gasteiger partial charge in [0.15, 0.2) is 0 Å². The summed E-state index contributed by atoms with van der Waals surface area (Å²) in [6, 6.07) is 10.7. The molecule has 0 bridgehead atoms. The molecule has 9 heteroatoms. The van der Waals surface area contributed by atoms with Crippen molar-refractivity contribution in [3.8, 4) is 10.6 Å². The third-order valence-electron chi connectivity index (χ3n) is 4.94. The van der Waals surface area contributed by atoms with Crippen molar-refractivity contribution in [2.75, 3.05) is 26.2 Å². The molecule has 0 aliphatic carbocycles. The Hall–Kier alpha value is -2.97. The van der Waals surface area contributed by atoms with Crippen LogP contribution < -0.4 is 5.56 Å². The van der Waals surface area contributed by atoms with Crippen molar-refractivity contribution in [2.45, 2.75) is 0 Å². The second-order valence-corrected chi connectivity index (χ2v) is 8.16. The van der Waals surface area contributed by atoms with Gasteiger partial charge in [0.2, 0.25) is 0 Å². The molecule has 0 saturated carbocycles. The fourth-order valence-corrected chi connectivity index (χ4v) is 4.29. The minimum Gasteiger partial charge on any atom is -0.335 e. The summed E-state index contributed by atoms with van der Waals surface area (Å²) in [5.41, 5.74) is 0.510. The Morgan fingerprint density at radius 1 is 0.967 bits per heavy atom. The summed E-state index contributed by atoms with van der Waals surface area (Å²) in [6.07, 6.45) is 0. The number of H-pyrrole nitrogens is 1. The minimum atomic E-state index is -0.512. The van der Waals surface area contributed by atoms with E-state index in [-0.39, 0.29) is 41.1 Å². The van der Waals surface area contributed by atoms with Gasteiger partial charge < -0.3 is 14.8 Å². The molecular weight excluding hydrogens is 429 g/mol. The van der Waals surface area contributed by atoms with Crippen LogP contribution in [0, 0.1) is 5.82 Å². The molecule has 3 heterocycles. The maximum Gasteiger partial charge on any atom is 0.261 e. The van der Waals surface area contributed by atoms with Gasteiger partial charge in [-0.2, -0.15) is 0 Å². The zero-order valence-corrected chi connectivity index (χ0v) is 17.3. The highest BCUT2D eigenvalue weighted by atomic mass is 35.5. The molecule has 0 radical (unpaired) electrons. The topological polar surface area (TPSA) is 73.5 Å². The van der Waals surface area contributed by atoms with Crippen LogP contribution in [0.15, 0.2) is 52.6 Å². The average molecular weight is 446 g/mol. The number of nitrogens with zero attached hydrogens (tertiary/aromatic N) is 2. The first-order valence-corrected chi connectivity index (χ1v) is 10.5. The van der Waals surface area contributed by atoms with Crippen LogP contribution in [-0.2, 0) is 0 Å². The predicted octanol–water partition coefficient (Wildman–Crippen LogP) is 3.49. The summed E-state index contributed by atoms with van der Waals surface area (Å²) in [4.78, 5) is 44.7. The minimum absolute atomic E-state index is 0.0517. The van der Waals surface area contributed by atoms with Crippen LogP contribution in [0.5, 0.6) is 0 Å². The van der Waals surface area contributed by atoms with Crippen molar-refractivity contribution in [3.63, 3.8) is 0 Å². The molecule has 0 spiro atoms. The summed E-state index contributed by atoms with van der Waals surface area (Å²) in [6.45, 7) is 1.16. The van der Waals surface area contributed by atoms with Gasteiger partial charge in [0.25, 0.3) is 17.4 Å². The molecule has 4 rings (SSSR count). The zero-order chi connectivity index (χ0) is 21.3. The number of hydrogen-bond acceptors (Lipinski definition) is 4. The number of pyridine rings is 1. The predicted molar refractivity (Wildman–Crippen MR) is 114 cm³/mol. The lowest BCUT2D eigenvalue weighted by Gasteiger charge is -2.34. The van der Waals surface area contributed by atoms with Gasteiger partial charge in [-0.1, -0.05) is 17.7 Å². The van der Waals surface area contributed by atoms with Gasteiger partial charge in [-0.15, -0.1) is 11.3 Å². The van der Waals surface area contributed by atoms with Crippen molar-refractivity contribution >= 4 is 34.8 Å². The highest BCUT2D eigenvalue weighted by Crippen LogP contribution is 2.22. The number of thiophene rings is 1. The first-order valence-electron chi connectivity index (χ1n) is 9.25. The number of carbonyl (C=O) groups is 2. The van der Waals surface area contributed by atoms with E-state index in [0.717, 1.165) is 10.9 Å². The van der Waals surface area contributed by atoms with E-state index >= 15 is 0 Å². The number of aromatic nitrogens is 1. The van der Waals surface area contributed by atoms with Crippen LogP contribution >= 0.6 is 22.9 Å². The molecule has 6 nitrogen and oxygen atoms in total. The van der Waals surface area contributed by atoms with Crippen LogP contribution in [0.3, 0.4) is 0 Å². The summed E-state index contributed by atoms with van der Waals surface area (Å²) in [5.74, 6) is -1.20. The monoisotopic (exact) mass is 445 g/mol. The number of carbonyl (C=O) groups excluding carboxylic acids is 2. The van der Waals surface area contributed by atoms with E-state index in [9.17, 15) is 18.8 Å². The SMILES string of the molecule is O=C(c1ccc(F)cc1Cl)N1CCN(C(=O)c2ccc(-c3cccs3)[nH]c2=O)CC1. The number of benzene rings is 1. The highest BCUT2D eigenvalue weighted by Gasteiger charge is 2.27. The molecule has 2 amide bonds. The molecule has 1 aromatic carbocycles. The number of rotatable bonds is 3. The third-order valence-corrected chi connectivity index (χ3v) is 6.16. The summed E-state index contributed by atoms with van der Waals surface area (Å²) >= 11 is 7.48. The third kappa shape index (κ3) is 4.01. The molecule has 154 valence electrons. The molecule has 2 aromatic heterocycles. The summed E-state index contributed by atoms with van der Waals surface area (Å²) in [5, 5.41) is 1.96. The van der Waals surface area contributed by atoms with Crippen LogP contribution in [-0.4, -0.2) is 52.8 Å². The van der Waals surface area contributed by atoms with E-state index in [1.165, 1.54) is 29.5 Å². The molecule has 0 atom stereocenters. The molecular formula is C21H17ClFN3O3S. The molecule has 1 aliphatic heterocycles. The second kappa shape index (κ2) is 8.41.